The van der Waals surface area contributed by atoms with Gasteiger partial charge in [0.25, 0.3) is 0 Å². The van der Waals surface area contributed by atoms with Crippen LogP contribution in [-0.4, -0.2) is 172 Å². The highest BCUT2D eigenvalue weighted by Gasteiger charge is 2.40. The van der Waals surface area contributed by atoms with E-state index in [9.17, 15) is 27.6 Å². The summed E-state index contributed by atoms with van der Waals surface area (Å²) in [6.07, 6.45) is 5.37. The normalized spacial score (nSPS) is 13.9. The van der Waals surface area contributed by atoms with Gasteiger partial charge in [0.05, 0.1) is 6.04 Å². The van der Waals surface area contributed by atoms with Gasteiger partial charge in [0.15, 0.2) is 0 Å². The summed E-state index contributed by atoms with van der Waals surface area (Å²) in [7, 11) is 0. The molecule has 0 spiro atoms. The highest BCUT2D eigenvalue weighted by molar-refractivity contribution is 6.00. The lowest BCUT2D eigenvalue weighted by Crippen LogP contribution is -2.61. The first-order valence-corrected chi connectivity index (χ1v) is 37.9. The number of carboxylic acid groups (broad SMARTS) is 1. The lowest BCUT2D eigenvalue weighted by atomic mass is 9.84. The first kappa shape index (κ1) is 88.2. The number of amides is 9. The lowest BCUT2D eigenvalue weighted by molar-refractivity contribution is -0.192. The Morgan fingerprint density at radius 1 is 0.348 bits per heavy atom. The van der Waals surface area contributed by atoms with Gasteiger partial charge in [-0.15, -0.1) is 0 Å². The Labute approximate surface area is 647 Å². The second kappa shape index (κ2) is 45.3. The van der Waals surface area contributed by atoms with Crippen molar-refractivity contribution in [2.45, 2.75) is 182 Å². The number of aromatic nitrogens is 3. The van der Waals surface area contributed by atoms with E-state index < -0.39 is 126 Å². The van der Waals surface area contributed by atoms with Crippen LogP contribution in [0.25, 0.3) is 32.7 Å². The van der Waals surface area contributed by atoms with Crippen LogP contribution in [0.15, 0.2) is 152 Å². The van der Waals surface area contributed by atoms with Gasteiger partial charge in [-0.1, -0.05) is 122 Å². The maximum absolute atomic E-state index is 15.6. The molecule has 8 rings (SSSR count). The van der Waals surface area contributed by atoms with Gasteiger partial charge in [-0.3, -0.25) is 43.2 Å². The quantitative estimate of drug-likeness (QED) is 0.0240. The highest BCUT2D eigenvalue weighted by atomic mass is 19.4. The molecule has 0 bridgehead atoms. The number of halogens is 3. The zero-order valence-electron chi connectivity index (χ0n) is 62.7. The predicted molar refractivity (Wildman–Crippen MR) is 422 cm³/mol. The molecule has 9 atom stereocenters. The molecule has 32 heteroatoms. The Hall–Kier alpha value is -11.0. The van der Waals surface area contributed by atoms with Crippen LogP contribution in [0.2, 0.25) is 0 Å². The van der Waals surface area contributed by atoms with Crippen molar-refractivity contribution >= 4 is 91.8 Å². The van der Waals surface area contributed by atoms with Crippen LogP contribution in [0, 0.1) is 0 Å². The molecule has 26 N–H and O–H groups in total. The van der Waals surface area contributed by atoms with Gasteiger partial charge in [-0.05, 0) is 169 Å². The van der Waals surface area contributed by atoms with Crippen LogP contribution in [0.3, 0.4) is 0 Å². The predicted octanol–water partition coefficient (Wildman–Crippen LogP) is 3.96. The van der Waals surface area contributed by atoms with Gasteiger partial charge in [0.1, 0.15) is 48.3 Å². The summed E-state index contributed by atoms with van der Waals surface area (Å²) in [5.41, 5.74) is 47.2. The van der Waals surface area contributed by atoms with E-state index in [1.165, 1.54) is 0 Å². The molecule has 604 valence electrons. The Balaban J connectivity index is 0.00000237. The first-order chi connectivity index (χ1) is 53.9. The fraction of sp³-hybridized carbons (Fsp3) is 0.425. The van der Waals surface area contributed by atoms with Crippen LogP contribution in [0.5, 0.6) is 0 Å². The third-order valence-electron chi connectivity index (χ3n) is 19.3. The van der Waals surface area contributed by atoms with Crippen molar-refractivity contribution in [3.8, 4) is 0 Å². The van der Waals surface area contributed by atoms with Crippen LogP contribution < -0.4 is 82.7 Å². The van der Waals surface area contributed by atoms with Gasteiger partial charge in [0, 0.05) is 76.5 Å². The number of unbranched alkanes of at least 4 members (excludes halogenated alkanes) is 5. The molecule has 0 saturated carbocycles. The highest BCUT2D eigenvalue weighted by Crippen LogP contribution is 2.30. The minimum absolute atomic E-state index is 0.0232. The second-order valence-corrected chi connectivity index (χ2v) is 27.6. The largest absolute Gasteiger partial charge is 0.490 e. The van der Waals surface area contributed by atoms with E-state index >= 15 is 28.8 Å². The third-order valence-corrected chi connectivity index (χ3v) is 19.3. The molecular formula is C80H107F3N18O11. The number of hydrogen-bond acceptors (Lipinski definition) is 16. The number of para-hydroxylation sites is 3. The second-order valence-electron chi connectivity index (χ2n) is 27.6. The topological polar surface area (TPSA) is 517 Å². The Morgan fingerprint density at radius 2 is 0.616 bits per heavy atom. The van der Waals surface area contributed by atoms with Crippen molar-refractivity contribution in [2.75, 3.05) is 32.7 Å². The maximum atomic E-state index is 15.6. The van der Waals surface area contributed by atoms with Crippen molar-refractivity contribution < 1.29 is 66.2 Å². The number of carbonyl (C=O) groups is 10. The van der Waals surface area contributed by atoms with Gasteiger partial charge in [-0.25, -0.2) is 4.79 Å². The number of carboxylic acids is 1. The summed E-state index contributed by atoms with van der Waals surface area (Å²) in [4.78, 5) is 152. The van der Waals surface area contributed by atoms with Crippen molar-refractivity contribution in [1.29, 1.82) is 0 Å². The van der Waals surface area contributed by atoms with Gasteiger partial charge >= 0.3 is 12.1 Å². The Kier molecular flexibility index (Phi) is 35.7. The smallest absolute Gasteiger partial charge is 0.475 e. The molecular weight excluding hydrogens is 1450 g/mol. The summed E-state index contributed by atoms with van der Waals surface area (Å²) in [5, 5.41) is 32.8. The minimum atomic E-state index is -5.08. The van der Waals surface area contributed by atoms with Crippen LogP contribution in [-0.2, 0) is 67.2 Å². The van der Waals surface area contributed by atoms with Gasteiger partial charge in [-0.2, -0.15) is 13.2 Å². The van der Waals surface area contributed by atoms with Crippen LogP contribution in [0.4, 0.5) is 13.2 Å². The number of alkyl halides is 3. The SMILES string of the molecule is NCCCC[C@H](NC(=O)[C@@H](NC(=O)[C@H](Cc1c[nH]c2ccccc12)NC(=O)[C@H](CCCCN)NC(=O)[C@H](CCCCN)NC(=O)[C@H](Cc1c[nH]c2ccccc12)NC(=O)[C@H](Cc1c[nH]c2ccccc12)NC(=O)[C@H](CCCCN)NC(=O)[C@@H](N)CCCCN)C(c1ccccc1)c1ccccc1)C(N)=O.O=C(O)C(F)(F)F. The fourth-order valence-corrected chi connectivity index (χ4v) is 13.2. The Morgan fingerprint density at radius 3 is 0.938 bits per heavy atom. The molecule has 0 aliphatic rings. The van der Waals surface area contributed by atoms with Crippen molar-refractivity contribution in [1.82, 2.24) is 57.5 Å². The van der Waals surface area contributed by atoms with Crippen molar-refractivity contribution in [2.24, 2.45) is 40.1 Å². The van der Waals surface area contributed by atoms with Crippen molar-refractivity contribution in [3.63, 3.8) is 0 Å². The average Bonchev–Trinajstić information content (AvgIpc) is 0.857. The number of rotatable bonds is 46. The van der Waals surface area contributed by atoms with E-state index in [2.05, 4.69) is 57.5 Å². The molecule has 0 saturated heterocycles. The van der Waals surface area contributed by atoms with E-state index in [1.54, 1.807) is 18.6 Å². The number of carbonyl (C=O) groups excluding carboxylic acids is 9. The summed E-state index contributed by atoms with van der Waals surface area (Å²) < 4.78 is 31.7. The molecule has 3 aromatic heterocycles. The third kappa shape index (κ3) is 26.9. The zero-order valence-corrected chi connectivity index (χ0v) is 62.7. The van der Waals surface area contributed by atoms with Crippen LogP contribution in [0.1, 0.15) is 130 Å². The maximum Gasteiger partial charge on any atom is 0.490 e. The van der Waals surface area contributed by atoms with E-state index in [4.69, 9.17) is 50.0 Å². The summed E-state index contributed by atoms with van der Waals surface area (Å²) in [6, 6.07) is 28.9. The number of benzene rings is 5. The van der Waals surface area contributed by atoms with E-state index in [0.717, 1.165) is 32.7 Å². The molecule has 9 amide bonds. The summed E-state index contributed by atoms with van der Waals surface area (Å²) in [5.74, 6) is -10.2. The molecule has 0 radical (unpaired) electrons. The number of H-pyrrole nitrogens is 3. The van der Waals surface area contributed by atoms with E-state index in [-0.39, 0.29) is 58.0 Å². The minimum Gasteiger partial charge on any atom is -0.475 e. The van der Waals surface area contributed by atoms with Gasteiger partial charge < -0.3 is 103 Å². The number of primary amides is 1. The molecule has 0 unspecified atom stereocenters. The van der Waals surface area contributed by atoms with Gasteiger partial charge in [0.2, 0.25) is 53.2 Å². The lowest BCUT2D eigenvalue weighted by Gasteiger charge is -2.31. The molecule has 0 aliphatic heterocycles. The number of fused-ring (bicyclic) bond motifs is 3. The Bertz CT molecular complexity index is 4310. The molecule has 8 aromatic rings. The molecule has 5 aromatic carbocycles. The van der Waals surface area contributed by atoms with E-state index in [0.29, 0.717) is 118 Å². The number of nitrogens with two attached hydrogens (primary N) is 7. The first-order valence-electron chi connectivity index (χ1n) is 37.9. The number of aromatic amines is 3. The number of hydrogen-bond donors (Lipinski definition) is 19. The molecule has 0 fully saturated rings. The molecule has 3 heterocycles. The fourth-order valence-electron chi connectivity index (χ4n) is 13.2. The summed E-state index contributed by atoms with van der Waals surface area (Å²) >= 11 is 0. The molecule has 0 aliphatic carbocycles. The monoisotopic (exact) mass is 1550 g/mol. The van der Waals surface area contributed by atoms with Crippen LogP contribution >= 0.6 is 0 Å². The standard InChI is InChI=1S/C78H106N18O9.C2HF3O2/c79-38-18-13-30-57(84)71(98)90-62(35-15-20-40-81)73(100)93-66(44-52-47-87-59-32-11-8-28-55(52)59)76(103)95-65(43-51-46-86-58-31-10-7-27-54(51)58)75(102)92-63(36-16-21-41-82)72(99)91-64(37-17-22-42-83)74(101)94-67(45-53-48-88-60-33-12-9-29-56(53)60)77(104)96-69(78(105)89-61(70(85)97)34-14-19-39-80)68(49-23-3-1-4-24-49)50-25-5-2-6-26-50;3-2(4,5)1(6)7/h1-12,23-29,31-33,46-48,57,61-69,86-88H,13-22,30,34-45,79-84H2,(H2,85,97)(H,89,105)(H,90,98)(H,91,99)(H,92,102)(H,93,100)(H,94,101)(H,95,103)(H,96,104);(H,6,7)/t57-,61-,62-,63-,64-,65-,66-,67-,69-;/m0./s1. The molecule has 112 heavy (non-hydrogen) atoms. The number of nitrogens with one attached hydrogen (secondary N) is 11. The number of aliphatic carboxylic acids is 1. The molecule has 29 nitrogen and oxygen atoms in total. The average molecular weight is 1550 g/mol. The zero-order chi connectivity index (χ0) is 81.1. The van der Waals surface area contributed by atoms with E-state index in [1.807, 2.05) is 133 Å². The summed E-state index contributed by atoms with van der Waals surface area (Å²) in [6.45, 7) is 1.59. The van der Waals surface area contributed by atoms with Crippen molar-refractivity contribution in [3.05, 3.63) is 180 Å².